The minimum absolute atomic E-state index is 0.0592. The molecule has 0 unspecified atom stereocenters. The van der Waals surface area contributed by atoms with Gasteiger partial charge in [0.25, 0.3) is 0 Å². The summed E-state index contributed by atoms with van der Waals surface area (Å²) in [6, 6.07) is 13.0. The molecule has 2 aromatic rings. The number of ether oxygens (including phenoxy) is 3. The molecule has 0 radical (unpaired) electrons. The quantitative estimate of drug-likeness (QED) is 0.619. The van der Waals surface area contributed by atoms with Gasteiger partial charge in [-0.15, -0.1) is 0 Å². The molecule has 4 rings (SSSR count). The second-order valence-electron chi connectivity index (χ2n) is 6.87. The molecule has 0 saturated carbocycles. The molecule has 0 amide bonds. The van der Waals surface area contributed by atoms with Gasteiger partial charge in [-0.2, -0.15) is 4.31 Å². The monoisotopic (exact) mass is 438 g/mol. The van der Waals surface area contributed by atoms with Crippen molar-refractivity contribution >= 4 is 27.3 Å². The first kappa shape index (κ1) is 20.1. The molecule has 0 bridgehead atoms. The fraction of sp³-hybridized carbons (Fsp3) is 0.400. The minimum Gasteiger partial charge on any atom is -0.493 e. The van der Waals surface area contributed by atoms with Crippen LogP contribution in [0.4, 0.5) is 5.69 Å². The van der Waals surface area contributed by atoms with Crippen LogP contribution in [0, 0.1) is 0 Å². The molecule has 1 saturated heterocycles. The summed E-state index contributed by atoms with van der Waals surface area (Å²) >= 11 is 6.25. The molecule has 2 aliphatic heterocycles. The molecule has 29 heavy (non-hydrogen) atoms. The smallest absolute Gasteiger partial charge is 0.231 e. The number of nitrogens with zero attached hydrogens (tertiary/aromatic N) is 2. The molecule has 2 heterocycles. The van der Waals surface area contributed by atoms with Crippen molar-refractivity contribution in [2.75, 3.05) is 50.2 Å². The third kappa shape index (κ3) is 4.71. The number of anilines is 1. The van der Waals surface area contributed by atoms with Crippen LogP contribution in [-0.4, -0.2) is 58.1 Å². The van der Waals surface area contributed by atoms with Crippen LogP contribution in [0.2, 0.25) is 5.02 Å². The Bertz CT molecular complexity index is 961. The number of hydrogen-bond acceptors (Lipinski definition) is 6. The highest BCUT2D eigenvalue weighted by Crippen LogP contribution is 2.35. The maximum absolute atomic E-state index is 12.6. The fourth-order valence-corrected chi connectivity index (χ4v) is 5.16. The highest BCUT2D eigenvalue weighted by atomic mass is 35.5. The summed E-state index contributed by atoms with van der Waals surface area (Å²) in [5.74, 6) is 2.03. The maximum Gasteiger partial charge on any atom is 0.231 e. The van der Waals surface area contributed by atoms with Gasteiger partial charge in [-0.05, 0) is 30.7 Å². The van der Waals surface area contributed by atoms with E-state index in [1.165, 1.54) is 0 Å². The molecule has 0 aromatic heterocycles. The SMILES string of the molecule is O=S(=O)(CCCOc1ccc2c(c1)OCO2)N1CCN(c2ccccc2Cl)CC1. The summed E-state index contributed by atoms with van der Waals surface area (Å²) in [7, 11) is -3.31. The standard InChI is InChI=1S/C20H23ClN2O5S/c21-17-4-1-2-5-18(17)22-8-10-23(11-9-22)29(24,25)13-3-12-26-16-6-7-19-20(14-16)28-15-27-19/h1-2,4-7,14H,3,8-13,15H2. The van der Waals surface area contributed by atoms with E-state index in [0.29, 0.717) is 61.5 Å². The Hall–Kier alpha value is -2.16. The summed E-state index contributed by atoms with van der Waals surface area (Å²) in [5, 5.41) is 0.685. The number of piperazine rings is 1. The van der Waals surface area contributed by atoms with Crippen molar-refractivity contribution < 1.29 is 22.6 Å². The third-order valence-electron chi connectivity index (χ3n) is 4.98. The summed E-state index contributed by atoms with van der Waals surface area (Å²) in [6.45, 7) is 2.68. The lowest BCUT2D eigenvalue weighted by molar-refractivity contribution is 0.173. The zero-order chi connectivity index (χ0) is 20.3. The van der Waals surface area contributed by atoms with Crippen molar-refractivity contribution in [3.63, 3.8) is 0 Å². The van der Waals surface area contributed by atoms with Gasteiger partial charge in [0.05, 0.1) is 23.1 Å². The molecule has 156 valence electrons. The van der Waals surface area contributed by atoms with E-state index < -0.39 is 10.0 Å². The number of para-hydroxylation sites is 1. The minimum atomic E-state index is -3.31. The Morgan fingerprint density at radius 2 is 1.76 bits per heavy atom. The molecule has 2 aromatic carbocycles. The molecule has 7 nitrogen and oxygen atoms in total. The molecule has 9 heteroatoms. The van der Waals surface area contributed by atoms with Gasteiger partial charge in [-0.3, -0.25) is 0 Å². The zero-order valence-corrected chi connectivity index (χ0v) is 17.5. The number of sulfonamides is 1. The van der Waals surface area contributed by atoms with E-state index in [1.807, 2.05) is 24.3 Å². The van der Waals surface area contributed by atoms with Gasteiger partial charge >= 0.3 is 0 Å². The van der Waals surface area contributed by atoms with Crippen molar-refractivity contribution in [2.45, 2.75) is 6.42 Å². The molecule has 0 N–H and O–H groups in total. The number of fused-ring (bicyclic) bond motifs is 1. The predicted octanol–water partition coefficient (Wildman–Crippen LogP) is 2.99. The number of halogens is 1. The van der Waals surface area contributed by atoms with Gasteiger partial charge < -0.3 is 19.1 Å². The Balaban J connectivity index is 1.24. The van der Waals surface area contributed by atoms with Crippen LogP contribution in [0.3, 0.4) is 0 Å². The van der Waals surface area contributed by atoms with Crippen LogP contribution in [0.15, 0.2) is 42.5 Å². The number of benzene rings is 2. The lowest BCUT2D eigenvalue weighted by Crippen LogP contribution is -2.49. The van der Waals surface area contributed by atoms with E-state index in [9.17, 15) is 8.42 Å². The van der Waals surface area contributed by atoms with Crippen LogP contribution < -0.4 is 19.1 Å². The molecule has 0 atom stereocenters. The van der Waals surface area contributed by atoms with Crippen LogP contribution in [0.5, 0.6) is 17.2 Å². The summed E-state index contributed by atoms with van der Waals surface area (Å²) < 4.78 is 43.1. The van der Waals surface area contributed by atoms with Gasteiger partial charge in [0.1, 0.15) is 5.75 Å². The summed E-state index contributed by atoms with van der Waals surface area (Å²) in [6.07, 6.45) is 0.418. The van der Waals surface area contributed by atoms with E-state index in [4.69, 9.17) is 25.8 Å². The van der Waals surface area contributed by atoms with Crippen molar-refractivity contribution in [3.05, 3.63) is 47.5 Å². The maximum atomic E-state index is 12.6. The first-order chi connectivity index (χ1) is 14.0. The van der Waals surface area contributed by atoms with Crippen molar-refractivity contribution in [1.82, 2.24) is 4.31 Å². The molecule has 0 spiro atoms. The third-order valence-corrected chi connectivity index (χ3v) is 7.26. The Labute approximate surface area is 175 Å². The molecule has 2 aliphatic rings. The summed E-state index contributed by atoms with van der Waals surface area (Å²) in [5.41, 5.74) is 0.948. The van der Waals surface area contributed by atoms with Gasteiger partial charge in [0.2, 0.25) is 16.8 Å². The van der Waals surface area contributed by atoms with E-state index in [0.717, 1.165) is 5.69 Å². The Morgan fingerprint density at radius 3 is 2.55 bits per heavy atom. The zero-order valence-electron chi connectivity index (χ0n) is 15.9. The van der Waals surface area contributed by atoms with E-state index in [1.54, 1.807) is 22.5 Å². The molecular weight excluding hydrogens is 416 g/mol. The van der Waals surface area contributed by atoms with Gasteiger partial charge in [-0.1, -0.05) is 23.7 Å². The average Bonchev–Trinajstić information content (AvgIpc) is 3.20. The predicted molar refractivity (Wildman–Crippen MR) is 112 cm³/mol. The van der Waals surface area contributed by atoms with Crippen LogP contribution in [0.25, 0.3) is 0 Å². The largest absolute Gasteiger partial charge is 0.493 e. The van der Waals surface area contributed by atoms with Crippen LogP contribution >= 0.6 is 11.6 Å². The van der Waals surface area contributed by atoms with Crippen LogP contribution in [0.1, 0.15) is 6.42 Å². The molecule has 0 aliphatic carbocycles. The van der Waals surface area contributed by atoms with Crippen LogP contribution in [-0.2, 0) is 10.0 Å². The van der Waals surface area contributed by atoms with E-state index in [-0.39, 0.29) is 12.5 Å². The number of rotatable bonds is 7. The second-order valence-corrected chi connectivity index (χ2v) is 9.37. The fourth-order valence-electron chi connectivity index (χ4n) is 3.44. The first-order valence-electron chi connectivity index (χ1n) is 9.53. The van der Waals surface area contributed by atoms with E-state index >= 15 is 0 Å². The first-order valence-corrected chi connectivity index (χ1v) is 11.5. The second kappa shape index (κ2) is 8.69. The lowest BCUT2D eigenvalue weighted by Gasteiger charge is -2.35. The number of hydrogen-bond donors (Lipinski definition) is 0. The summed E-state index contributed by atoms with van der Waals surface area (Å²) in [4.78, 5) is 2.12. The lowest BCUT2D eigenvalue weighted by atomic mass is 10.2. The Kier molecular flexibility index (Phi) is 6.03. The average molecular weight is 439 g/mol. The molecule has 1 fully saturated rings. The normalized spacial score (nSPS) is 16.8. The molecular formula is C20H23ClN2O5S. The van der Waals surface area contributed by atoms with Gasteiger partial charge in [0, 0.05) is 32.2 Å². The van der Waals surface area contributed by atoms with Gasteiger partial charge in [0.15, 0.2) is 11.5 Å². The Morgan fingerprint density at radius 1 is 1.00 bits per heavy atom. The van der Waals surface area contributed by atoms with Gasteiger partial charge in [-0.25, -0.2) is 8.42 Å². The highest BCUT2D eigenvalue weighted by Gasteiger charge is 2.27. The van der Waals surface area contributed by atoms with Crippen molar-refractivity contribution in [3.8, 4) is 17.2 Å². The topological polar surface area (TPSA) is 68.3 Å². The highest BCUT2D eigenvalue weighted by molar-refractivity contribution is 7.89. The van der Waals surface area contributed by atoms with E-state index in [2.05, 4.69) is 4.90 Å². The van der Waals surface area contributed by atoms with Crippen molar-refractivity contribution in [2.24, 2.45) is 0 Å². The van der Waals surface area contributed by atoms with Crippen molar-refractivity contribution in [1.29, 1.82) is 0 Å².